The predicted molar refractivity (Wildman–Crippen MR) is 99.3 cm³/mol. The third-order valence-corrected chi connectivity index (χ3v) is 6.77. The fraction of sp³-hybridized carbons (Fsp3) is 0.278. The number of halogens is 1. The Bertz CT molecular complexity index is 855. The summed E-state index contributed by atoms with van der Waals surface area (Å²) in [6.45, 7) is 1.82. The molecular weight excluding hydrogens is 402 g/mol. The van der Waals surface area contributed by atoms with E-state index in [-0.39, 0.29) is 6.04 Å². The van der Waals surface area contributed by atoms with Gasteiger partial charge in [-0.25, -0.2) is 8.42 Å². The molecule has 2 aromatic carbocycles. The van der Waals surface area contributed by atoms with E-state index in [2.05, 4.69) is 22.0 Å². The molecule has 25 heavy (non-hydrogen) atoms. The first kappa shape index (κ1) is 18.1. The second-order valence-corrected chi connectivity index (χ2v) is 8.69. The van der Waals surface area contributed by atoms with E-state index in [1.54, 1.807) is 24.3 Å². The van der Waals surface area contributed by atoms with Crippen LogP contribution in [0.4, 0.5) is 0 Å². The fourth-order valence-electron chi connectivity index (χ4n) is 2.96. The van der Waals surface area contributed by atoms with Gasteiger partial charge < -0.3 is 0 Å². The third kappa shape index (κ3) is 3.93. The molecule has 130 valence electrons. The van der Waals surface area contributed by atoms with Crippen molar-refractivity contribution in [2.75, 3.05) is 26.2 Å². The van der Waals surface area contributed by atoms with Crippen LogP contribution in [0.2, 0.25) is 0 Å². The van der Waals surface area contributed by atoms with E-state index in [1.165, 1.54) is 4.31 Å². The number of benzene rings is 2. The summed E-state index contributed by atoms with van der Waals surface area (Å²) in [4.78, 5) is 2.33. The average molecular weight is 420 g/mol. The number of rotatable bonds is 4. The molecule has 1 aliphatic rings. The second kappa shape index (κ2) is 7.67. The van der Waals surface area contributed by atoms with E-state index >= 15 is 0 Å². The Morgan fingerprint density at radius 2 is 1.56 bits per heavy atom. The minimum absolute atomic E-state index is 0.295. The first-order valence-corrected chi connectivity index (χ1v) is 10.2. The van der Waals surface area contributed by atoms with Crippen LogP contribution in [0.15, 0.2) is 64.0 Å². The van der Waals surface area contributed by atoms with Gasteiger partial charge in [-0.05, 0) is 29.8 Å². The first-order valence-electron chi connectivity index (χ1n) is 7.97. The molecule has 1 heterocycles. The van der Waals surface area contributed by atoms with Crippen molar-refractivity contribution in [3.8, 4) is 6.07 Å². The highest BCUT2D eigenvalue weighted by atomic mass is 79.9. The summed E-state index contributed by atoms with van der Waals surface area (Å²) >= 11 is 3.32. The van der Waals surface area contributed by atoms with Crippen LogP contribution in [0.5, 0.6) is 0 Å². The number of sulfonamides is 1. The van der Waals surface area contributed by atoms with Gasteiger partial charge in [-0.2, -0.15) is 9.57 Å². The van der Waals surface area contributed by atoms with E-state index < -0.39 is 10.0 Å². The standard InChI is InChI=1S/C18H18BrN3O2S/c19-16-6-8-17(9-7-16)25(23,24)22-12-10-21(11-13-22)18(14-20)15-4-2-1-3-5-15/h1-9,18H,10-13H2. The normalized spacial score (nSPS) is 17.8. The van der Waals surface area contributed by atoms with Crippen LogP contribution in [0.25, 0.3) is 0 Å². The lowest BCUT2D eigenvalue weighted by molar-refractivity contribution is 0.162. The maximum atomic E-state index is 12.7. The minimum Gasteiger partial charge on any atom is -0.282 e. The molecule has 1 atom stereocenters. The zero-order chi connectivity index (χ0) is 17.9. The van der Waals surface area contributed by atoms with Crippen LogP contribution in [-0.2, 0) is 10.0 Å². The molecule has 5 nitrogen and oxygen atoms in total. The Balaban J connectivity index is 1.71. The van der Waals surface area contributed by atoms with Crippen molar-refractivity contribution in [2.24, 2.45) is 0 Å². The highest BCUT2D eigenvalue weighted by Crippen LogP contribution is 2.24. The summed E-state index contributed by atoms with van der Waals surface area (Å²) in [6.07, 6.45) is 0. The Labute approximate surface area is 156 Å². The van der Waals surface area contributed by atoms with E-state index in [4.69, 9.17) is 0 Å². The van der Waals surface area contributed by atoms with Gasteiger partial charge in [0.15, 0.2) is 0 Å². The first-order chi connectivity index (χ1) is 12.0. The number of hydrogen-bond acceptors (Lipinski definition) is 4. The fourth-order valence-corrected chi connectivity index (χ4v) is 4.65. The van der Waals surface area contributed by atoms with Crippen LogP contribution in [-0.4, -0.2) is 43.8 Å². The zero-order valence-corrected chi connectivity index (χ0v) is 15.9. The maximum absolute atomic E-state index is 12.7. The van der Waals surface area contributed by atoms with E-state index in [0.717, 1.165) is 10.0 Å². The Kier molecular flexibility index (Phi) is 5.54. The van der Waals surface area contributed by atoms with Crippen LogP contribution >= 0.6 is 15.9 Å². The SMILES string of the molecule is N#CC(c1ccccc1)N1CCN(S(=O)(=O)c2ccc(Br)cc2)CC1. The largest absolute Gasteiger partial charge is 0.282 e. The Hall–Kier alpha value is -1.72. The maximum Gasteiger partial charge on any atom is 0.243 e. The molecule has 1 unspecified atom stereocenters. The second-order valence-electron chi connectivity index (χ2n) is 5.84. The molecule has 1 saturated heterocycles. The lowest BCUT2D eigenvalue weighted by Crippen LogP contribution is -2.49. The van der Waals surface area contributed by atoms with Gasteiger partial charge in [0, 0.05) is 30.7 Å². The lowest BCUT2D eigenvalue weighted by atomic mass is 10.1. The highest BCUT2D eigenvalue weighted by Gasteiger charge is 2.31. The van der Waals surface area contributed by atoms with Crippen LogP contribution in [0.3, 0.4) is 0 Å². The van der Waals surface area contributed by atoms with Gasteiger partial charge >= 0.3 is 0 Å². The molecule has 1 aliphatic heterocycles. The highest BCUT2D eigenvalue weighted by molar-refractivity contribution is 9.10. The molecule has 0 saturated carbocycles. The molecule has 1 fully saturated rings. The molecule has 0 aromatic heterocycles. The van der Waals surface area contributed by atoms with Gasteiger partial charge in [-0.3, -0.25) is 4.90 Å². The molecule has 0 radical (unpaired) electrons. The Morgan fingerprint density at radius 1 is 0.960 bits per heavy atom. The van der Waals surface area contributed by atoms with Crippen molar-refractivity contribution in [1.29, 1.82) is 5.26 Å². The molecule has 0 N–H and O–H groups in total. The van der Waals surface area contributed by atoms with Crippen molar-refractivity contribution >= 4 is 26.0 Å². The molecule has 2 aromatic rings. The van der Waals surface area contributed by atoms with Gasteiger partial charge in [0.05, 0.1) is 11.0 Å². The van der Waals surface area contributed by atoms with Gasteiger partial charge in [-0.15, -0.1) is 0 Å². The van der Waals surface area contributed by atoms with Crippen molar-refractivity contribution < 1.29 is 8.42 Å². The molecule has 0 aliphatic carbocycles. The number of hydrogen-bond donors (Lipinski definition) is 0. The quantitative estimate of drug-likeness (QED) is 0.763. The summed E-state index contributed by atoms with van der Waals surface area (Å²) in [5.74, 6) is 0. The summed E-state index contributed by atoms with van der Waals surface area (Å²) in [5, 5.41) is 9.53. The predicted octanol–water partition coefficient (Wildman–Crippen LogP) is 3.02. The summed E-state index contributed by atoms with van der Waals surface area (Å²) < 4.78 is 27.8. The number of piperazine rings is 1. The zero-order valence-electron chi connectivity index (χ0n) is 13.5. The molecule has 7 heteroatoms. The third-order valence-electron chi connectivity index (χ3n) is 4.33. The van der Waals surface area contributed by atoms with Crippen molar-refractivity contribution in [1.82, 2.24) is 9.21 Å². The van der Waals surface area contributed by atoms with Gasteiger partial charge in [-0.1, -0.05) is 46.3 Å². The van der Waals surface area contributed by atoms with Crippen LogP contribution in [0.1, 0.15) is 11.6 Å². The molecule has 0 spiro atoms. The number of nitriles is 1. The van der Waals surface area contributed by atoms with E-state index in [0.29, 0.717) is 31.1 Å². The van der Waals surface area contributed by atoms with Gasteiger partial charge in [0.2, 0.25) is 10.0 Å². The Morgan fingerprint density at radius 3 is 2.12 bits per heavy atom. The van der Waals surface area contributed by atoms with Crippen LogP contribution < -0.4 is 0 Å². The van der Waals surface area contributed by atoms with Crippen molar-refractivity contribution in [3.05, 3.63) is 64.6 Å². The monoisotopic (exact) mass is 419 g/mol. The average Bonchev–Trinajstić information content (AvgIpc) is 2.64. The van der Waals surface area contributed by atoms with E-state index in [1.807, 2.05) is 35.2 Å². The van der Waals surface area contributed by atoms with E-state index in [9.17, 15) is 13.7 Å². The topological polar surface area (TPSA) is 64.4 Å². The van der Waals surface area contributed by atoms with Gasteiger partial charge in [0.25, 0.3) is 0 Å². The lowest BCUT2D eigenvalue weighted by Gasteiger charge is -2.36. The molecule has 3 rings (SSSR count). The molecule has 0 bridgehead atoms. The molecule has 0 amide bonds. The summed E-state index contributed by atoms with van der Waals surface area (Å²) in [6, 6.07) is 18.2. The van der Waals surface area contributed by atoms with Crippen molar-refractivity contribution in [3.63, 3.8) is 0 Å². The molecular formula is C18H18BrN3O2S. The van der Waals surface area contributed by atoms with Crippen molar-refractivity contribution in [2.45, 2.75) is 10.9 Å². The number of nitrogens with zero attached hydrogens (tertiary/aromatic N) is 3. The summed E-state index contributed by atoms with van der Waals surface area (Å²) in [5.41, 5.74) is 0.939. The smallest absolute Gasteiger partial charge is 0.243 e. The van der Waals surface area contributed by atoms with Crippen LogP contribution in [0, 0.1) is 11.3 Å². The van der Waals surface area contributed by atoms with Gasteiger partial charge in [0.1, 0.15) is 6.04 Å². The summed E-state index contributed by atoms with van der Waals surface area (Å²) in [7, 11) is -3.50. The minimum atomic E-state index is -3.50.